The first-order chi connectivity index (χ1) is 8.80. The van der Waals surface area contributed by atoms with Crippen LogP contribution in [0.4, 0.5) is 13.2 Å². The van der Waals surface area contributed by atoms with E-state index in [2.05, 4.69) is 10.1 Å². The molecule has 1 unspecified atom stereocenters. The van der Waals surface area contributed by atoms with E-state index in [4.69, 9.17) is 0 Å². The molecular weight excluding hydrogens is 259 g/mol. The number of rotatable bonds is 2. The summed E-state index contributed by atoms with van der Waals surface area (Å²) in [6.45, 7) is 1.70. The van der Waals surface area contributed by atoms with Crippen molar-refractivity contribution in [1.29, 1.82) is 0 Å². The van der Waals surface area contributed by atoms with Crippen molar-refractivity contribution in [3.8, 4) is 0 Å². The second kappa shape index (κ2) is 4.65. The highest BCUT2D eigenvalue weighted by Gasteiger charge is 2.35. The summed E-state index contributed by atoms with van der Waals surface area (Å²) >= 11 is 0. The van der Waals surface area contributed by atoms with Crippen LogP contribution in [-0.2, 0) is 13.2 Å². The van der Waals surface area contributed by atoms with Crippen molar-refractivity contribution in [2.45, 2.75) is 19.2 Å². The fourth-order valence-electron chi connectivity index (χ4n) is 1.93. The Balaban J connectivity index is 2.50. The normalized spacial score (nSPS) is 13.6. The molecule has 0 aliphatic heterocycles. The maximum atomic E-state index is 12.9. The van der Waals surface area contributed by atoms with Crippen molar-refractivity contribution in [3.63, 3.8) is 0 Å². The van der Waals surface area contributed by atoms with Crippen molar-refractivity contribution >= 4 is 0 Å². The highest BCUT2D eigenvalue weighted by molar-refractivity contribution is 5.33. The molecule has 2 rings (SSSR count). The number of aryl methyl sites for hydroxylation is 2. The molecule has 1 N–H and O–H groups in total. The van der Waals surface area contributed by atoms with Gasteiger partial charge < -0.3 is 5.11 Å². The third kappa shape index (κ3) is 2.60. The SMILES string of the molecule is Cc1cc(C(O)c2cnccc2C(F)(F)F)n(C)n1. The minimum atomic E-state index is -4.53. The fraction of sp³-hybridized carbons (Fsp3) is 0.333. The zero-order valence-electron chi connectivity index (χ0n) is 10.3. The van der Waals surface area contributed by atoms with Crippen molar-refractivity contribution in [3.05, 3.63) is 47.0 Å². The number of pyridine rings is 1. The lowest BCUT2D eigenvalue weighted by Gasteiger charge is -2.16. The minimum Gasteiger partial charge on any atom is -0.382 e. The van der Waals surface area contributed by atoms with Gasteiger partial charge in [-0.2, -0.15) is 18.3 Å². The minimum absolute atomic E-state index is 0.280. The van der Waals surface area contributed by atoms with E-state index in [0.29, 0.717) is 5.69 Å². The smallest absolute Gasteiger partial charge is 0.382 e. The quantitative estimate of drug-likeness (QED) is 0.911. The predicted octanol–water partition coefficient (Wildman–Crippen LogP) is 2.22. The average molecular weight is 271 g/mol. The van der Waals surface area contributed by atoms with Crippen molar-refractivity contribution in [2.75, 3.05) is 0 Å². The molecule has 102 valence electrons. The van der Waals surface area contributed by atoms with Gasteiger partial charge in [0.05, 0.1) is 17.0 Å². The largest absolute Gasteiger partial charge is 0.416 e. The Morgan fingerprint density at radius 3 is 2.58 bits per heavy atom. The number of nitrogens with zero attached hydrogens (tertiary/aromatic N) is 3. The zero-order chi connectivity index (χ0) is 14.2. The van der Waals surface area contributed by atoms with E-state index < -0.39 is 17.8 Å². The van der Waals surface area contributed by atoms with E-state index in [1.807, 2.05) is 0 Å². The Morgan fingerprint density at radius 2 is 2.05 bits per heavy atom. The summed E-state index contributed by atoms with van der Waals surface area (Å²) in [5.41, 5.74) is -0.267. The van der Waals surface area contributed by atoms with E-state index in [9.17, 15) is 18.3 Å². The van der Waals surface area contributed by atoms with Crippen LogP contribution in [0.2, 0.25) is 0 Å². The predicted molar refractivity (Wildman–Crippen MR) is 61.2 cm³/mol. The van der Waals surface area contributed by atoms with Crippen molar-refractivity contribution in [1.82, 2.24) is 14.8 Å². The Morgan fingerprint density at radius 1 is 1.37 bits per heavy atom. The van der Waals surface area contributed by atoms with Crippen LogP contribution in [0.1, 0.15) is 28.6 Å². The van der Waals surface area contributed by atoms with Crippen LogP contribution in [-0.4, -0.2) is 19.9 Å². The fourth-order valence-corrected chi connectivity index (χ4v) is 1.93. The second-order valence-electron chi connectivity index (χ2n) is 4.20. The monoisotopic (exact) mass is 271 g/mol. The van der Waals surface area contributed by atoms with E-state index in [1.165, 1.54) is 10.7 Å². The van der Waals surface area contributed by atoms with Gasteiger partial charge in [0.15, 0.2) is 0 Å². The Bertz CT molecular complexity index is 592. The molecule has 0 amide bonds. The van der Waals surface area contributed by atoms with Gasteiger partial charge in [-0.25, -0.2) is 0 Å². The topological polar surface area (TPSA) is 50.9 Å². The van der Waals surface area contributed by atoms with E-state index in [1.54, 1.807) is 14.0 Å². The van der Waals surface area contributed by atoms with Gasteiger partial charge in [0, 0.05) is 25.0 Å². The first-order valence-corrected chi connectivity index (χ1v) is 5.50. The van der Waals surface area contributed by atoms with Crippen LogP contribution >= 0.6 is 0 Å². The summed E-state index contributed by atoms with van der Waals surface area (Å²) in [6, 6.07) is 2.39. The Hall–Kier alpha value is -1.89. The van der Waals surface area contributed by atoms with E-state index in [0.717, 1.165) is 18.5 Å². The summed E-state index contributed by atoms with van der Waals surface area (Å²) in [7, 11) is 1.56. The van der Waals surface area contributed by atoms with Crippen LogP contribution in [0.25, 0.3) is 0 Å². The summed E-state index contributed by atoms with van der Waals surface area (Å²) in [5.74, 6) is 0. The number of aliphatic hydroxyl groups is 1. The number of hydrogen-bond acceptors (Lipinski definition) is 3. The molecular formula is C12H12F3N3O. The average Bonchev–Trinajstić information content (AvgIpc) is 2.66. The molecule has 0 aliphatic rings. The van der Waals surface area contributed by atoms with Gasteiger partial charge in [0.25, 0.3) is 0 Å². The van der Waals surface area contributed by atoms with Gasteiger partial charge in [-0.05, 0) is 19.1 Å². The molecule has 0 bridgehead atoms. The van der Waals surface area contributed by atoms with Gasteiger partial charge >= 0.3 is 6.18 Å². The van der Waals surface area contributed by atoms with E-state index >= 15 is 0 Å². The molecule has 0 radical (unpaired) electrons. The van der Waals surface area contributed by atoms with Crippen LogP contribution in [0.3, 0.4) is 0 Å². The summed E-state index contributed by atoms with van der Waals surface area (Å²) in [4.78, 5) is 3.65. The number of aromatic nitrogens is 3. The van der Waals surface area contributed by atoms with Gasteiger partial charge in [-0.15, -0.1) is 0 Å². The summed E-state index contributed by atoms with van der Waals surface area (Å²) in [5, 5.41) is 14.1. The lowest BCUT2D eigenvalue weighted by atomic mass is 10.0. The Labute approximate surface area is 107 Å². The van der Waals surface area contributed by atoms with Crippen molar-refractivity contribution < 1.29 is 18.3 Å². The molecule has 7 heteroatoms. The van der Waals surface area contributed by atoms with Gasteiger partial charge in [0.2, 0.25) is 0 Å². The molecule has 0 aliphatic carbocycles. The van der Waals surface area contributed by atoms with E-state index in [-0.39, 0.29) is 11.3 Å². The number of halogens is 3. The molecule has 0 fully saturated rings. The molecule has 0 spiro atoms. The van der Waals surface area contributed by atoms with Crippen LogP contribution in [0.5, 0.6) is 0 Å². The summed E-state index contributed by atoms with van der Waals surface area (Å²) < 4.78 is 40.0. The van der Waals surface area contributed by atoms with Crippen LogP contribution < -0.4 is 0 Å². The number of alkyl halides is 3. The van der Waals surface area contributed by atoms with Crippen molar-refractivity contribution in [2.24, 2.45) is 7.05 Å². The number of aliphatic hydroxyl groups excluding tert-OH is 1. The van der Waals surface area contributed by atoms with Crippen LogP contribution in [0, 0.1) is 6.92 Å². The maximum absolute atomic E-state index is 12.9. The van der Waals surface area contributed by atoms with Gasteiger partial charge in [-0.1, -0.05) is 0 Å². The highest BCUT2D eigenvalue weighted by Crippen LogP contribution is 2.35. The molecule has 2 heterocycles. The Kier molecular flexibility index (Phi) is 3.32. The van der Waals surface area contributed by atoms with Gasteiger partial charge in [-0.3, -0.25) is 9.67 Å². The molecule has 0 saturated carbocycles. The molecule has 2 aromatic heterocycles. The molecule has 1 atom stereocenters. The van der Waals surface area contributed by atoms with Gasteiger partial charge in [0.1, 0.15) is 6.10 Å². The molecule has 0 aromatic carbocycles. The maximum Gasteiger partial charge on any atom is 0.416 e. The molecule has 19 heavy (non-hydrogen) atoms. The lowest BCUT2D eigenvalue weighted by molar-refractivity contribution is -0.139. The first kappa shape index (κ1) is 13.5. The highest BCUT2D eigenvalue weighted by atomic mass is 19.4. The lowest BCUT2D eigenvalue weighted by Crippen LogP contribution is -2.15. The zero-order valence-corrected chi connectivity index (χ0v) is 10.3. The van der Waals surface area contributed by atoms with Crippen LogP contribution in [0.15, 0.2) is 24.5 Å². The third-order valence-electron chi connectivity index (χ3n) is 2.77. The standard InChI is InChI=1S/C12H12F3N3O/c1-7-5-10(18(2)17-7)11(19)8-6-16-4-3-9(8)12(13,14)15/h3-6,11,19H,1-2H3. The number of hydrogen-bond donors (Lipinski definition) is 1. The summed E-state index contributed by atoms with van der Waals surface area (Å²) in [6.07, 6.45) is -3.88. The molecule has 4 nitrogen and oxygen atoms in total. The first-order valence-electron chi connectivity index (χ1n) is 5.50. The second-order valence-corrected chi connectivity index (χ2v) is 4.20. The third-order valence-corrected chi connectivity index (χ3v) is 2.77. The molecule has 0 saturated heterocycles. The molecule has 2 aromatic rings.